The highest BCUT2D eigenvalue weighted by Gasteiger charge is 2.18. The summed E-state index contributed by atoms with van der Waals surface area (Å²) in [5.74, 6) is 1.40. The minimum absolute atomic E-state index is 0.0609. The number of hydrogen-bond acceptors (Lipinski definition) is 4. The summed E-state index contributed by atoms with van der Waals surface area (Å²) in [6, 6.07) is 32.4. The summed E-state index contributed by atoms with van der Waals surface area (Å²) in [7, 11) is 0. The van der Waals surface area contributed by atoms with Gasteiger partial charge in [-0.05, 0) is 62.5 Å². The molecule has 0 N–H and O–H groups in total. The van der Waals surface area contributed by atoms with E-state index >= 15 is 0 Å². The molecular formula is C47H29N3S. The van der Waals surface area contributed by atoms with Crippen LogP contribution in [0.25, 0.3) is 98.1 Å². The minimum Gasteiger partial charge on any atom is -0.208 e. The highest BCUT2D eigenvalue weighted by molar-refractivity contribution is 7.26. The zero-order chi connectivity index (χ0) is 42.4. The number of aromatic nitrogens is 3. The van der Waals surface area contributed by atoms with E-state index in [1.807, 2.05) is 72.8 Å². The van der Waals surface area contributed by atoms with Gasteiger partial charge in [0.2, 0.25) is 0 Å². The second-order valence-electron chi connectivity index (χ2n) is 12.1. The fourth-order valence-electron chi connectivity index (χ4n) is 6.71. The van der Waals surface area contributed by atoms with Crippen molar-refractivity contribution in [2.75, 3.05) is 0 Å². The Labute approximate surface area is 313 Å². The SMILES string of the molecule is [2H]c1c([2H])c([2H])c(-c2cc(-c3c([2H])c([2H])c([2H])c([2H])c3[2H])c3sc4cc(-c5nc(-c6ccccc6)nc(-c6cc7ccccc7c7ccccc67)n5)ccc4c3c2)c([2H])c1[2H]. The molecule has 0 unspecified atom stereocenters. The van der Waals surface area contributed by atoms with E-state index < -0.39 is 60.4 Å². The molecule has 0 spiro atoms. The normalized spacial score (nSPS) is 14.3. The first-order valence-corrected chi connectivity index (χ1v) is 17.1. The molecule has 0 saturated carbocycles. The van der Waals surface area contributed by atoms with Crippen molar-refractivity contribution in [1.29, 1.82) is 0 Å². The van der Waals surface area contributed by atoms with Gasteiger partial charge in [0, 0.05) is 42.4 Å². The van der Waals surface area contributed by atoms with Crippen LogP contribution in [0.5, 0.6) is 0 Å². The molecule has 4 heteroatoms. The summed E-state index contributed by atoms with van der Waals surface area (Å²) < 4.78 is 86.9. The van der Waals surface area contributed by atoms with E-state index in [9.17, 15) is 0 Å². The fraction of sp³-hybridized carbons (Fsp3) is 0. The molecule has 0 saturated heterocycles. The van der Waals surface area contributed by atoms with Gasteiger partial charge in [0.25, 0.3) is 0 Å². The molecule has 0 fully saturated rings. The predicted molar refractivity (Wildman–Crippen MR) is 215 cm³/mol. The number of thiophene rings is 1. The lowest BCUT2D eigenvalue weighted by atomic mass is 9.96. The Hall–Kier alpha value is -6.49. The smallest absolute Gasteiger partial charge is 0.164 e. The average Bonchev–Trinajstić information content (AvgIpc) is 3.67. The maximum atomic E-state index is 8.91. The van der Waals surface area contributed by atoms with Crippen molar-refractivity contribution >= 4 is 53.1 Å². The van der Waals surface area contributed by atoms with Crippen LogP contribution >= 0.6 is 11.3 Å². The van der Waals surface area contributed by atoms with E-state index in [2.05, 4.69) is 30.3 Å². The van der Waals surface area contributed by atoms with Crippen molar-refractivity contribution in [3.05, 3.63) is 176 Å². The number of fused-ring (bicyclic) bond motifs is 6. The van der Waals surface area contributed by atoms with E-state index in [1.165, 1.54) is 11.3 Å². The molecule has 10 rings (SSSR count). The Morgan fingerprint density at radius 3 is 1.82 bits per heavy atom. The van der Waals surface area contributed by atoms with Crippen LogP contribution in [-0.4, -0.2) is 15.0 Å². The quantitative estimate of drug-likeness (QED) is 0.170. The summed E-state index contributed by atoms with van der Waals surface area (Å²) in [6.45, 7) is 0. The first-order chi connectivity index (χ1) is 29.4. The van der Waals surface area contributed by atoms with Crippen molar-refractivity contribution in [3.8, 4) is 56.4 Å². The highest BCUT2D eigenvalue weighted by atomic mass is 32.1. The Kier molecular flexibility index (Phi) is 4.97. The van der Waals surface area contributed by atoms with Crippen LogP contribution in [0.15, 0.2) is 176 Å². The Morgan fingerprint density at radius 2 is 1.04 bits per heavy atom. The molecule has 10 aromatic rings. The molecular weight excluding hydrogens is 639 g/mol. The van der Waals surface area contributed by atoms with Gasteiger partial charge in [-0.3, -0.25) is 0 Å². The highest BCUT2D eigenvalue weighted by Crippen LogP contribution is 2.44. The lowest BCUT2D eigenvalue weighted by molar-refractivity contribution is 1.08. The molecule has 238 valence electrons. The van der Waals surface area contributed by atoms with Gasteiger partial charge in [0.1, 0.15) is 0 Å². The van der Waals surface area contributed by atoms with E-state index in [4.69, 9.17) is 28.7 Å². The van der Waals surface area contributed by atoms with Gasteiger partial charge in [-0.15, -0.1) is 11.3 Å². The van der Waals surface area contributed by atoms with Crippen molar-refractivity contribution in [3.63, 3.8) is 0 Å². The van der Waals surface area contributed by atoms with E-state index in [-0.39, 0.29) is 22.3 Å². The molecule has 0 radical (unpaired) electrons. The van der Waals surface area contributed by atoms with Crippen LogP contribution in [0.1, 0.15) is 13.7 Å². The van der Waals surface area contributed by atoms with Gasteiger partial charge in [0.15, 0.2) is 17.5 Å². The maximum absolute atomic E-state index is 8.91. The topological polar surface area (TPSA) is 38.7 Å². The van der Waals surface area contributed by atoms with Crippen LogP contribution < -0.4 is 0 Å². The predicted octanol–water partition coefficient (Wildman–Crippen LogP) is 12.9. The molecule has 0 aliphatic heterocycles. The molecule has 0 aliphatic carbocycles. The molecule has 0 amide bonds. The summed E-state index contributed by atoms with van der Waals surface area (Å²) in [5, 5.41) is 5.58. The standard InChI is InChI=1S/C47H29N3S/c1-4-14-30(15-5-1)35-27-40(31-16-6-2-7-17-31)44-41(28-35)39-25-24-34(29-43(39)51-44)46-48-45(32-18-8-3-9-19-32)49-47(50-46)42-26-33-20-10-11-21-36(33)37-22-12-13-23-38(37)42/h1-29H/i1D,2D,4D,5D,6D,7D,14D,15D,16D,17D. The van der Waals surface area contributed by atoms with Gasteiger partial charge in [-0.2, -0.15) is 0 Å². The summed E-state index contributed by atoms with van der Waals surface area (Å²) >= 11 is 1.35. The third-order valence-electron chi connectivity index (χ3n) is 9.07. The molecule has 0 atom stereocenters. The molecule has 0 aliphatic rings. The van der Waals surface area contributed by atoms with Gasteiger partial charge >= 0.3 is 0 Å². The third kappa shape index (κ3) is 5.16. The van der Waals surface area contributed by atoms with Crippen LogP contribution in [0.3, 0.4) is 0 Å². The van der Waals surface area contributed by atoms with Crippen LogP contribution in [0.4, 0.5) is 0 Å². The molecule has 3 nitrogen and oxygen atoms in total. The number of hydrogen-bond donors (Lipinski definition) is 0. The molecule has 51 heavy (non-hydrogen) atoms. The zero-order valence-electron chi connectivity index (χ0n) is 36.7. The second-order valence-corrected chi connectivity index (χ2v) is 13.1. The average molecular weight is 678 g/mol. The minimum atomic E-state index is -0.541. The van der Waals surface area contributed by atoms with Gasteiger partial charge in [-0.1, -0.05) is 151 Å². The Balaban J connectivity index is 1.24. The molecule has 2 heterocycles. The summed E-state index contributed by atoms with van der Waals surface area (Å²) in [5.41, 5.74) is 2.73. The van der Waals surface area contributed by atoms with Gasteiger partial charge in [-0.25, -0.2) is 15.0 Å². The fourth-order valence-corrected chi connectivity index (χ4v) is 7.95. The third-order valence-corrected chi connectivity index (χ3v) is 10.3. The Bertz CT molecular complexity index is 3440. The zero-order valence-corrected chi connectivity index (χ0v) is 27.5. The van der Waals surface area contributed by atoms with E-state index in [0.29, 0.717) is 33.1 Å². The molecule has 0 bridgehead atoms. The van der Waals surface area contributed by atoms with Crippen LogP contribution in [0, 0.1) is 0 Å². The Morgan fingerprint density at radius 1 is 0.392 bits per heavy atom. The maximum Gasteiger partial charge on any atom is 0.164 e. The number of benzene rings is 8. The van der Waals surface area contributed by atoms with Crippen molar-refractivity contribution in [1.82, 2.24) is 15.0 Å². The van der Waals surface area contributed by atoms with E-state index in [1.54, 1.807) is 12.1 Å². The van der Waals surface area contributed by atoms with Gasteiger partial charge < -0.3 is 0 Å². The first kappa shape index (κ1) is 20.9. The number of nitrogens with zero attached hydrogens (tertiary/aromatic N) is 3. The first-order valence-electron chi connectivity index (χ1n) is 21.3. The lowest BCUT2D eigenvalue weighted by Crippen LogP contribution is -2.00. The number of rotatable bonds is 5. The monoisotopic (exact) mass is 677 g/mol. The van der Waals surface area contributed by atoms with Crippen molar-refractivity contribution in [2.24, 2.45) is 0 Å². The van der Waals surface area contributed by atoms with Crippen molar-refractivity contribution in [2.45, 2.75) is 0 Å². The van der Waals surface area contributed by atoms with Gasteiger partial charge in [0.05, 0.1) is 13.7 Å². The van der Waals surface area contributed by atoms with E-state index in [0.717, 1.165) is 42.8 Å². The summed E-state index contributed by atoms with van der Waals surface area (Å²) in [6.07, 6.45) is 0. The lowest BCUT2D eigenvalue weighted by Gasteiger charge is -2.12. The largest absolute Gasteiger partial charge is 0.208 e. The molecule has 2 aromatic heterocycles. The van der Waals surface area contributed by atoms with Crippen LogP contribution in [-0.2, 0) is 0 Å². The molecule has 8 aromatic carbocycles. The summed E-state index contributed by atoms with van der Waals surface area (Å²) in [4.78, 5) is 15.1. The van der Waals surface area contributed by atoms with Crippen LogP contribution in [0.2, 0.25) is 0 Å². The van der Waals surface area contributed by atoms with Crippen molar-refractivity contribution < 1.29 is 13.7 Å². The second kappa shape index (κ2) is 12.1.